The first-order valence-corrected chi connectivity index (χ1v) is 12.2. The van der Waals surface area contributed by atoms with Gasteiger partial charge in [0.1, 0.15) is 23.8 Å². The molecule has 2 heterocycles. The SMILES string of the molecule is Cc1ccc(F)cc1CN1CCO[C@](COc2ccc(Cl)cc2)(CC(=O)N2CCN(C)CC2)C1. The number of carbonyl (C=O) groups is 1. The molecule has 34 heavy (non-hydrogen) atoms. The van der Waals surface area contributed by atoms with Gasteiger partial charge in [-0.1, -0.05) is 17.7 Å². The van der Waals surface area contributed by atoms with Crippen molar-refractivity contribution in [3.8, 4) is 5.75 Å². The Kier molecular flexibility index (Phi) is 8.09. The molecule has 2 fully saturated rings. The molecule has 0 aromatic heterocycles. The first kappa shape index (κ1) is 24.9. The Balaban J connectivity index is 1.50. The molecule has 2 aliphatic rings. The van der Waals surface area contributed by atoms with Crippen LogP contribution in [0.5, 0.6) is 5.75 Å². The topological polar surface area (TPSA) is 45.3 Å². The fourth-order valence-electron chi connectivity index (χ4n) is 4.54. The largest absolute Gasteiger partial charge is 0.491 e. The van der Waals surface area contributed by atoms with E-state index < -0.39 is 5.60 Å². The molecule has 2 aliphatic heterocycles. The van der Waals surface area contributed by atoms with Crippen LogP contribution in [0.4, 0.5) is 4.39 Å². The summed E-state index contributed by atoms with van der Waals surface area (Å²) in [5.74, 6) is 0.519. The van der Waals surface area contributed by atoms with Crippen LogP contribution < -0.4 is 4.74 Å². The van der Waals surface area contributed by atoms with Gasteiger partial charge in [0, 0.05) is 50.8 Å². The Labute approximate surface area is 206 Å². The number of aryl methyl sites for hydroxylation is 1. The van der Waals surface area contributed by atoms with Crippen molar-refractivity contribution in [1.29, 1.82) is 0 Å². The van der Waals surface area contributed by atoms with Crippen molar-refractivity contribution in [3.05, 3.63) is 64.4 Å². The van der Waals surface area contributed by atoms with E-state index in [1.165, 1.54) is 6.07 Å². The van der Waals surface area contributed by atoms with Crippen molar-refractivity contribution in [2.45, 2.75) is 25.5 Å². The van der Waals surface area contributed by atoms with Gasteiger partial charge < -0.3 is 19.3 Å². The summed E-state index contributed by atoms with van der Waals surface area (Å²) in [5.41, 5.74) is 1.20. The first-order chi connectivity index (χ1) is 16.3. The number of likely N-dealkylation sites (N-methyl/N-ethyl adjacent to an activating group) is 1. The van der Waals surface area contributed by atoms with Crippen molar-refractivity contribution >= 4 is 17.5 Å². The van der Waals surface area contributed by atoms with Crippen molar-refractivity contribution in [3.63, 3.8) is 0 Å². The summed E-state index contributed by atoms with van der Waals surface area (Å²) < 4.78 is 26.3. The lowest BCUT2D eigenvalue weighted by molar-refractivity contribution is -0.157. The lowest BCUT2D eigenvalue weighted by atomic mass is 9.96. The summed E-state index contributed by atoms with van der Waals surface area (Å²) in [4.78, 5) is 19.7. The molecule has 2 aromatic rings. The highest BCUT2D eigenvalue weighted by Gasteiger charge is 2.41. The predicted octanol–water partition coefficient (Wildman–Crippen LogP) is 3.60. The highest BCUT2D eigenvalue weighted by atomic mass is 35.5. The standard InChI is InChI=1S/C26H33ClFN3O3/c1-20-3-6-23(28)15-21(20)17-30-13-14-34-26(18-30,19-33-24-7-4-22(27)5-8-24)16-25(32)31-11-9-29(2)10-12-31/h3-8,15H,9-14,16-19H2,1-2H3/t26-/m1/s1. The van der Waals surface area contributed by atoms with E-state index in [2.05, 4.69) is 16.8 Å². The fraction of sp³-hybridized carbons (Fsp3) is 0.500. The van der Waals surface area contributed by atoms with Gasteiger partial charge in [-0.05, 0) is 61.5 Å². The average Bonchev–Trinajstić information content (AvgIpc) is 2.82. The predicted molar refractivity (Wildman–Crippen MR) is 131 cm³/mol. The summed E-state index contributed by atoms with van der Waals surface area (Å²) in [6.07, 6.45) is 0.239. The third kappa shape index (κ3) is 6.48. The molecule has 0 aliphatic carbocycles. The minimum Gasteiger partial charge on any atom is -0.491 e. The number of piperazine rings is 1. The maximum Gasteiger partial charge on any atom is 0.225 e. The van der Waals surface area contributed by atoms with E-state index >= 15 is 0 Å². The maximum atomic E-state index is 13.9. The summed E-state index contributed by atoms with van der Waals surface area (Å²) in [7, 11) is 2.07. The number of nitrogens with zero attached hydrogens (tertiary/aromatic N) is 3. The van der Waals surface area contributed by atoms with Crippen LogP contribution in [0.3, 0.4) is 0 Å². The van der Waals surface area contributed by atoms with E-state index in [1.807, 2.05) is 24.0 Å². The zero-order valence-electron chi connectivity index (χ0n) is 19.9. The molecule has 184 valence electrons. The van der Waals surface area contributed by atoms with Crippen LogP contribution in [0.15, 0.2) is 42.5 Å². The van der Waals surface area contributed by atoms with Crippen molar-refractivity contribution in [2.24, 2.45) is 0 Å². The van der Waals surface area contributed by atoms with Gasteiger partial charge in [-0.2, -0.15) is 0 Å². The van der Waals surface area contributed by atoms with Crippen LogP contribution in [0.25, 0.3) is 0 Å². The molecule has 0 N–H and O–H groups in total. The minimum absolute atomic E-state index is 0.0802. The quantitative estimate of drug-likeness (QED) is 0.594. The number of amides is 1. The van der Waals surface area contributed by atoms with Gasteiger partial charge in [0.25, 0.3) is 0 Å². The van der Waals surface area contributed by atoms with Crippen LogP contribution in [-0.2, 0) is 16.1 Å². The monoisotopic (exact) mass is 489 g/mol. The van der Waals surface area contributed by atoms with Gasteiger partial charge >= 0.3 is 0 Å². The van der Waals surface area contributed by atoms with Crippen LogP contribution in [0.1, 0.15) is 17.5 Å². The van der Waals surface area contributed by atoms with Crippen LogP contribution >= 0.6 is 11.6 Å². The van der Waals surface area contributed by atoms with Gasteiger partial charge in [0.15, 0.2) is 0 Å². The van der Waals surface area contributed by atoms with Gasteiger partial charge in [0.05, 0.1) is 13.0 Å². The smallest absolute Gasteiger partial charge is 0.225 e. The minimum atomic E-state index is -0.792. The van der Waals surface area contributed by atoms with Gasteiger partial charge in [-0.3, -0.25) is 9.69 Å². The lowest BCUT2D eigenvalue weighted by Gasteiger charge is -2.43. The zero-order chi connectivity index (χ0) is 24.1. The Morgan fingerprint density at radius 3 is 2.59 bits per heavy atom. The number of hydrogen-bond donors (Lipinski definition) is 0. The number of rotatable bonds is 7. The second kappa shape index (κ2) is 11.0. The Bertz CT molecular complexity index is 982. The van der Waals surface area contributed by atoms with Gasteiger partial charge in [0.2, 0.25) is 5.91 Å². The third-order valence-electron chi connectivity index (χ3n) is 6.68. The molecular weight excluding hydrogens is 457 g/mol. The van der Waals surface area contributed by atoms with E-state index in [1.54, 1.807) is 24.3 Å². The van der Waals surface area contributed by atoms with Gasteiger partial charge in [-0.15, -0.1) is 0 Å². The van der Waals surface area contributed by atoms with Crippen molar-refractivity contribution in [2.75, 3.05) is 59.5 Å². The van der Waals surface area contributed by atoms with E-state index in [0.29, 0.717) is 37.0 Å². The lowest BCUT2D eigenvalue weighted by Crippen LogP contribution is -2.58. The Morgan fingerprint density at radius 1 is 1.12 bits per heavy atom. The van der Waals surface area contributed by atoms with E-state index in [9.17, 15) is 9.18 Å². The molecule has 0 spiro atoms. The highest BCUT2D eigenvalue weighted by molar-refractivity contribution is 6.30. The van der Waals surface area contributed by atoms with Crippen LogP contribution in [-0.4, -0.2) is 85.7 Å². The second-order valence-electron chi connectivity index (χ2n) is 9.42. The zero-order valence-corrected chi connectivity index (χ0v) is 20.7. The summed E-state index contributed by atoms with van der Waals surface area (Å²) in [6, 6.07) is 12.1. The average molecular weight is 490 g/mol. The number of carbonyl (C=O) groups excluding carboxylic acids is 1. The van der Waals surface area contributed by atoms with Crippen molar-refractivity contribution in [1.82, 2.24) is 14.7 Å². The first-order valence-electron chi connectivity index (χ1n) is 11.8. The molecule has 0 radical (unpaired) electrons. The maximum absolute atomic E-state index is 13.9. The molecule has 0 unspecified atom stereocenters. The highest BCUT2D eigenvalue weighted by Crippen LogP contribution is 2.27. The number of benzene rings is 2. The molecule has 1 amide bonds. The molecule has 4 rings (SSSR count). The number of morpholine rings is 1. The molecule has 8 heteroatoms. The van der Waals surface area contributed by atoms with E-state index in [0.717, 1.165) is 37.3 Å². The number of halogens is 2. The van der Waals surface area contributed by atoms with Crippen LogP contribution in [0, 0.1) is 12.7 Å². The van der Waals surface area contributed by atoms with E-state index in [-0.39, 0.29) is 24.8 Å². The Morgan fingerprint density at radius 2 is 1.85 bits per heavy atom. The summed E-state index contributed by atoms with van der Waals surface area (Å²) >= 11 is 6.01. The Hall–Kier alpha value is -2.19. The molecule has 0 bridgehead atoms. The molecule has 6 nitrogen and oxygen atoms in total. The number of hydrogen-bond acceptors (Lipinski definition) is 5. The van der Waals surface area contributed by atoms with E-state index in [4.69, 9.17) is 21.1 Å². The van der Waals surface area contributed by atoms with Crippen LogP contribution in [0.2, 0.25) is 5.02 Å². The third-order valence-corrected chi connectivity index (χ3v) is 6.93. The number of ether oxygens (including phenoxy) is 2. The summed E-state index contributed by atoms with van der Waals surface area (Å²) in [5, 5.41) is 0.637. The molecule has 1 atom stereocenters. The van der Waals surface area contributed by atoms with Gasteiger partial charge in [-0.25, -0.2) is 4.39 Å². The van der Waals surface area contributed by atoms with Crippen molar-refractivity contribution < 1.29 is 18.7 Å². The second-order valence-corrected chi connectivity index (χ2v) is 9.85. The normalized spacial score (nSPS) is 22.1. The molecule has 2 aromatic carbocycles. The molecular formula is C26H33ClFN3O3. The summed E-state index contributed by atoms with van der Waals surface area (Å²) in [6.45, 7) is 7.71. The molecule has 2 saturated heterocycles. The fourth-order valence-corrected chi connectivity index (χ4v) is 4.67. The molecule has 0 saturated carbocycles.